The lowest BCUT2D eigenvalue weighted by Crippen LogP contribution is -2.51. The summed E-state index contributed by atoms with van der Waals surface area (Å²) in [5.41, 5.74) is 3.80. The standard InChI is InChI=1S/C27H30N6O/c1-19-29-30-27-26(32-16-14-31(15-17-32)22-10-6-3-7-11-22)28-23-13-12-21(18-24(23)33(19)27)25(34)20-8-4-2-5-9-20/h2,4-5,8-9,12-13,18,22H,3,6-7,10-11,14-17H2,1H3. The summed E-state index contributed by atoms with van der Waals surface area (Å²) in [5, 5.41) is 8.87. The average molecular weight is 455 g/mol. The molecule has 2 aromatic heterocycles. The molecule has 2 aliphatic rings. The average Bonchev–Trinajstić information content (AvgIpc) is 3.30. The fourth-order valence-corrected chi connectivity index (χ4v) is 5.61. The Bertz CT molecular complexity index is 1330. The van der Waals surface area contributed by atoms with Crippen LogP contribution in [0.4, 0.5) is 5.82 Å². The van der Waals surface area contributed by atoms with Gasteiger partial charge in [-0.1, -0.05) is 49.6 Å². The molecule has 2 aromatic carbocycles. The van der Waals surface area contributed by atoms with Crippen LogP contribution in [0.1, 0.15) is 53.8 Å². The number of piperazine rings is 1. The molecule has 2 fully saturated rings. The number of hydrogen-bond donors (Lipinski definition) is 0. The monoisotopic (exact) mass is 454 g/mol. The maximum Gasteiger partial charge on any atom is 0.204 e. The van der Waals surface area contributed by atoms with Gasteiger partial charge < -0.3 is 4.90 Å². The number of benzene rings is 2. The van der Waals surface area contributed by atoms with E-state index in [1.54, 1.807) is 0 Å². The van der Waals surface area contributed by atoms with Gasteiger partial charge in [-0.05, 0) is 38.0 Å². The van der Waals surface area contributed by atoms with E-state index in [-0.39, 0.29) is 5.78 Å². The van der Waals surface area contributed by atoms with Gasteiger partial charge >= 0.3 is 0 Å². The van der Waals surface area contributed by atoms with Gasteiger partial charge in [0.25, 0.3) is 0 Å². The smallest absolute Gasteiger partial charge is 0.204 e. The maximum absolute atomic E-state index is 13.1. The van der Waals surface area contributed by atoms with Gasteiger partial charge in [0, 0.05) is 43.3 Å². The number of rotatable bonds is 4. The van der Waals surface area contributed by atoms with E-state index in [1.165, 1.54) is 32.1 Å². The summed E-state index contributed by atoms with van der Waals surface area (Å²) in [4.78, 5) is 23.1. The molecule has 0 radical (unpaired) electrons. The van der Waals surface area contributed by atoms with Crippen LogP contribution in [0.15, 0.2) is 48.5 Å². The number of hydrogen-bond acceptors (Lipinski definition) is 6. The topological polar surface area (TPSA) is 66.6 Å². The van der Waals surface area contributed by atoms with E-state index < -0.39 is 0 Å². The van der Waals surface area contributed by atoms with E-state index in [1.807, 2.05) is 59.9 Å². The summed E-state index contributed by atoms with van der Waals surface area (Å²) >= 11 is 0. The first kappa shape index (κ1) is 21.2. The van der Waals surface area contributed by atoms with Crippen molar-refractivity contribution < 1.29 is 4.79 Å². The largest absolute Gasteiger partial charge is 0.351 e. The molecule has 1 aliphatic carbocycles. The summed E-state index contributed by atoms with van der Waals surface area (Å²) < 4.78 is 2.05. The molecule has 0 bridgehead atoms. The van der Waals surface area contributed by atoms with Crippen molar-refractivity contribution in [2.24, 2.45) is 0 Å². The van der Waals surface area contributed by atoms with Crippen LogP contribution in [0.25, 0.3) is 16.7 Å². The first-order valence-electron chi connectivity index (χ1n) is 12.4. The molecule has 3 heterocycles. The SMILES string of the molecule is Cc1nnc2c(N3CCN(C4CCCCC4)CC3)nc3ccc(C(=O)c4ccccc4)cc3n12. The second-order valence-corrected chi connectivity index (χ2v) is 9.56. The zero-order chi connectivity index (χ0) is 23.1. The molecular formula is C27H30N6O. The number of aromatic nitrogens is 4. The minimum atomic E-state index is 0.00397. The quantitative estimate of drug-likeness (QED) is 0.429. The number of carbonyl (C=O) groups is 1. The summed E-state index contributed by atoms with van der Waals surface area (Å²) in [6, 6.07) is 15.9. The van der Waals surface area contributed by atoms with Gasteiger partial charge in [-0.2, -0.15) is 0 Å². The number of nitrogens with zero attached hydrogens (tertiary/aromatic N) is 6. The molecule has 0 N–H and O–H groups in total. The fourth-order valence-electron chi connectivity index (χ4n) is 5.61. The molecule has 0 atom stereocenters. The Morgan fingerprint density at radius 2 is 1.65 bits per heavy atom. The lowest BCUT2D eigenvalue weighted by atomic mass is 9.94. The van der Waals surface area contributed by atoms with Crippen molar-refractivity contribution in [2.75, 3.05) is 31.1 Å². The predicted molar refractivity (Wildman–Crippen MR) is 134 cm³/mol. The molecular weight excluding hydrogens is 424 g/mol. The summed E-state index contributed by atoms with van der Waals surface area (Å²) in [6.45, 7) is 5.97. The van der Waals surface area contributed by atoms with E-state index >= 15 is 0 Å². The molecule has 174 valence electrons. The van der Waals surface area contributed by atoms with Crippen molar-refractivity contribution >= 4 is 28.3 Å². The second kappa shape index (κ2) is 8.80. The minimum Gasteiger partial charge on any atom is -0.351 e. The lowest BCUT2D eigenvalue weighted by Gasteiger charge is -2.41. The molecule has 1 aliphatic heterocycles. The highest BCUT2D eigenvalue weighted by Crippen LogP contribution is 2.28. The first-order chi connectivity index (χ1) is 16.7. The normalized spacial score (nSPS) is 18.1. The third-order valence-electron chi connectivity index (χ3n) is 7.47. The summed E-state index contributed by atoms with van der Waals surface area (Å²) in [7, 11) is 0. The van der Waals surface area contributed by atoms with Crippen molar-refractivity contribution in [3.8, 4) is 0 Å². The van der Waals surface area contributed by atoms with Gasteiger partial charge in [0.1, 0.15) is 5.82 Å². The minimum absolute atomic E-state index is 0.00397. The Kier molecular flexibility index (Phi) is 5.49. The van der Waals surface area contributed by atoms with E-state index in [9.17, 15) is 4.79 Å². The van der Waals surface area contributed by atoms with Gasteiger partial charge in [0.15, 0.2) is 11.6 Å². The molecule has 34 heavy (non-hydrogen) atoms. The van der Waals surface area contributed by atoms with Crippen LogP contribution in [-0.4, -0.2) is 62.5 Å². The van der Waals surface area contributed by atoms with E-state index in [0.717, 1.165) is 60.5 Å². The maximum atomic E-state index is 13.1. The molecule has 0 amide bonds. The molecule has 0 unspecified atom stereocenters. The Morgan fingerprint density at radius 1 is 0.882 bits per heavy atom. The number of aryl methyl sites for hydroxylation is 1. The number of carbonyl (C=O) groups excluding carboxylic acids is 1. The highest BCUT2D eigenvalue weighted by atomic mass is 16.1. The highest BCUT2D eigenvalue weighted by Gasteiger charge is 2.27. The fraction of sp³-hybridized carbons (Fsp3) is 0.407. The molecule has 0 spiro atoms. The van der Waals surface area contributed by atoms with Crippen LogP contribution in [0.3, 0.4) is 0 Å². The van der Waals surface area contributed by atoms with Crippen LogP contribution >= 0.6 is 0 Å². The second-order valence-electron chi connectivity index (χ2n) is 9.56. The Labute approximate surface area is 199 Å². The van der Waals surface area contributed by atoms with Crippen molar-refractivity contribution in [2.45, 2.75) is 45.1 Å². The summed E-state index contributed by atoms with van der Waals surface area (Å²) in [5.74, 6) is 1.69. The van der Waals surface area contributed by atoms with E-state index in [2.05, 4.69) is 20.0 Å². The number of fused-ring (bicyclic) bond motifs is 3. The van der Waals surface area contributed by atoms with Gasteiger partial charge in [-0.3, -0.25) is 14.1 Å². The molecule has 4 aromatic rings. The summed E-state index contributed by atoms with van der Waals surface area (Å²) in [6.07, 6.45) is 6.80. The lowest BCUT2D eigenvalue weighted by molar-refractivity contribution is 0.103. The van der Waals surface area contributed by atoms with Gasteiger partial charge in [-0.15, -0.1) is 10.2 Å². The third kappa shape index (κ3) is 3.74. The molecule has 7 nitrogen and oxygen atoms in total. The number of anilines is 1. The zero-order valence-electron chi connectivity index (χ0n) is 19.7. The Balaban J connectivity index is 1.34. The number of ketones is 1. The van der Waals surface area contributed by atoms with Crippen LogP contribution < -0.4 is 4.90 Å². The molecule has 7 heteroatoms. The molecule has 6 rings (SSSR count). The van der Waals surface area contributed by atoms with Crippen LogP contribution in [0.2, 0.25) is 0 Å². The van der Waals surface area contributed by atoms with Gasteiger partial charge in [-0.25, -0.2) is 4.98 Å². The zero-order valence-corrected chi connectivity index (χ0v) is 19.7. The van der Waals surface area contributed by atoms with Crippen molar-refractivity contribution in [1.29, 1.82) is 0 Å². The highest BCUT2D eigenvalue weighted by molar-refractivity contribution is 6.10. The van der Waals surface area contributed by atoms with Crippen molar-refractivity contribution in [3.63, 3.8) is 0 Å². The van der Waals surface area contributed by atoms with Crippen LogP contribution in [-0.2, 0) is 0 Å². The molecule has 1 saturated carbocycles. The van der Waals surface area contributed by atoms with Crippen LogP contribution in [0.5, 0.6) is 0 Å². The molecule has 1 saturated heterocycles. The predicted octanol–water partition coefficient (Wildman–Crippen LogP) is 4.27. The first-order valence-corrected chi connectivity index (χ1v) is 12.4. The van der Waals surface area contributed by atoms with Gasteiger partial charge in [0.05, 0.1) is 11.0 Å². The van der Waals surface area contributed by atoms with Crippen molar-refractivity contribution in [1.82, 2.24) is 24.5 Å². The Morgan fingerprint density at radius 3 is 2.41 bits per heavy atom. The van der Waals surface area contributed by atoms with E-state index in [4.69, 9.17) is 4.98 Å². The van der Waals surface area contributed by atoms with Crippen molar-refractivity contribution in [3.05, 3.63) is 65.5 Å². The van der Waals surface area contributed by atoms with Gasteiger partial charge in [0.2, 0.25) is 5.65 Å². The van der Waals surface area contributed by atoms with Crippen LogP contribution in [0, 0.1) is 6.92 Å². The Hall–Kier alpha value is -3.32. The van der Waals surface area contributed by atoms with E-state index in [0.29, 0.717) is 11.1 Å². The third-order valence-corrected chi connectivity index (χ3v) is 7.47.